The molecule has 0 unspecified atom stereocenters. The molecule has 29 heavy (non-hydrogen) atoms. The second-order valence-corrected chi connectivity index (χ2v) is 7.38. The van der Waals surface area contributed by atoms with Gasteiger partial charge in [-0.2, -0.15) is 0 Å². The number of amides is 1. The van der Waals surface area contributed by atoms with E-state index < -0.39 is 0 Å². The van der Waals surface area contributed by atoms with Crippen LogP contribution in [0.4, 0.5) is 4.39 Å². The van der Waals surface area contributed by atoms with Crippen LogP contribution in [0.3, 0.4) is 0 Å². The minimum Gasteiger partial charge on any atom is -0.497 e. The van der Waals surface area contributed by atoms with Crippen molar-refractivity contribution < 1.29 is 23.5 Å². The number of ether oxygens (including phenoxy) is 2. The van der Waals surface area contributed by atoms with Crippen molar-refractivity contribution in [2.24, 2.45) is 0 Å². The minimum absolute atomic E-state index is 0.00421. The monoisotopic (exact) mass is 395 g/mol. The third-order valence-corrected chi connectivity index (χ3v) is 5.69. The summed E-state index contributed by atoms with van der Waals surface area (Å²) in [5.74, 6) is 0.413. The molecule has 6 heteroatoms. The summed E-state index contributed by atoms with van der Waals surface area (Å²) in [6.07, 6.45) is 1.02. The first-order chi connectivity index (χ1) is 14.0. The normalized spacial score (nSPS) is 21.5. The lowest BCUT2D eigenvalue weighted by molar-refractivity contribution is -0.122. The van der Waals surface area contributed by atoms with Crippen LogP contribution in [0.15, 0.2) is 53.7 Å². The van der Waals surface area contributed by atoms with Crippen LogP contribution in [0.25, 0.3) is 0 Å². The number of Topliss-reactive ketones (excluding diaryl/α,β-unsaturated/α-hetero) is 1. The average molecular weight is 395 g/mol. The molecule has 150 valence electrons. The summed E-state index contributed by atoms with van der Waals surface area (Å²) in [6, 6.07) is 11.5. The van der Waals surface area contributed by atoms with Gasteiger partial charge in [0.05, 0.1) is 14.2 Å². The van der Waals surface area contributed by atoms with Crippen molar-refractivity contribution in [3.63, 3.8) is 0 Å². The fraction of sp³-hybridized carbons (Fsp3) is 0.304. The van der Waals surface area contributed by atoms with Crippen LogP contribution in [0.2, 0.25) is 0 Å². The number of halogens is 1. The Balaban J connectivity index is 1.72. The van der Waals surface area contributed by atoms with Crippen molar-refractivity contribution in [3.8, 4) is 11.5 Å². The summed E-state index contributed by atoms with van der Waals surface area (Å²) in [6.45, 7) is 0. The Morgan fingerprint density at radius 1 is 0.966 bits per heavy atom. The first kappa shape index (κ1) is 19.2. The minimum atomic E-state index is -0.347. The van der Waals surface area contributed by atoms with E-state index >= 15 is 0 Å². The van der Waals surface area contributed by atoms with E-state index in [0.29, 0.717) is 35.6 Å². The molecular formula is C23H22FNO4. The van der Waals surface area contributed by atoms with E-state index in [1.165, 1.54) is 12.1 Å². The Kier molecular flexibility index (Phi) is 5.09. The zero-order chi connectivity index (χ0) is 20.5. The van der Waals surface area contributed by atoms with Gasteiger partial charge in [0.2, 0.25) is 5.91 Å². The van der Waals surface area contributed by atoms with E-state index in [9.17, 15) is 14.0 Å². The first-order valence-corrected chi connectivity index (χ1v) is 9.53. The van der Waals surface area contributed by atoms with Crippen molar-refractivity contribution >= 4 is 11.7 Å². The van der Waals surface area contributed by atoms with Crippen molar-refractivity contribution in [2.45, 2.75) is 31.1 Å². The van der Waals surface area contributed by atoms with Crippen LogP contribution in [0, 0.1) is 5.82 Å². The predicted molar refractivity (Wildman–Crippen MR) is 105 cm³/mol. The fourth-order valence-corrected chi connectivity index (χ4v) is 4.32. The van der Waals surface area contributed by atoms with E-state index in [0.717, 1.165) is 11.1 Å². The number of carbonyl (C=O) groups is 2. The van der Waals surface area contributed by atoms with E-state index in [4.69, 9.17) is 9.47 Å². The number of hydrogen-bond donors (Lipinski definition) is 1. The van der Waals surface area contributed by atoms with Gasteiger partial charge >= 0.3 is 0 Å². The van der Waals surface area contributed by atoms with Crippen LogP contribution < -0.4 is 14.8 Å². The highest BCUT2D eigenvalue weighted by Gasteiger charge is 2.38. The van der Waals surface area contributed by atoms with E-state index in [1.807, 2.05) is 18.2 Å². The Bertz CT molecular complexity index is 996. The second-order valence-electron chi connectivity index (χ2n) is 7.38. The molecule has 0 aromatic heterocycles. The summed E-state index contributed by atoms with van der Waals surface area (Å²) in [5, 5.41) is 2.90. The lowest BCUT2D eigenvalue weighted by Gasteiger charge is -2.34. The van der Waals surface area contributed by atoms with Crippen LogP contribution >= 0.6 is 0 Å². The van der Waals surface area contributed by atoms with Crippen molar-refractivity contribution in [3.05, 3.63) is 70.7 Å². The molecule has 0 saturated carbocycles. The molecule has 2 aromatic carbocycles. The zero-order valence-corrected chi connectivity index (χ0v) is 16.3. The number of methoxy groups -OCH3 is 2. The number of hydrogen-bond acceptors (Lipinski definition) is 4. The highest BCUT2D eigenvalue weighted by molar-refractivity contribution is 6.02. The van der Waals surface area contributed by atoms with Gasteiger partial charge < -0.3 is 14.8 Å². The molecule has 0 spiro atoms. The molecule has 1 amide bonds. The van der Waals surface area contributed by atoms with E-state index in [1.54, 1.807) is 26.4 Å². The number of allylic oxidation sites excluding steroid dienone is 2. The van der Waals surface area contributed by atoms with Gasteiger partial charge in [-0.1, -0.05) is 12.1 Å². The third-order valence-electron chi connectivity index (χ3n) is 5.69. The molecular weight excluding hydrogens is 373 g/mol. The molecule has 0 radical (unpaired) electrons. The smallest absolute Gasteiger partial charge is 0.225 e. The standard InChI is InChI=1S/C23H22FNO4/c1-28-16-7-8-21(29-2)17(11-16)14-9-19-23(20(26)10-14)18(12-22(27)25-19)13-3-5-15(24)6-4-13/h3-8,11,14,18H,9-10,12H2,1-2H3,(H,25,27)/t14-,18-/m0/s1. The summed E-state index contributed by atoms with van der Waals surface area (Å²) in [5.41, 5.74) is 2.94. The Morgan fingerprint density at radius 2 is 1.72 bits per heavy atom. The molecule has 0 saturated heterocycles. The quantitative estimate of drug-likeness (QED) is 0.854. The summed E-state index contributed by atoms with van der Waals surface area (Å²) in [4.78, 5) is 25.5. The van der Waals surface area contributed by atoms with E-state index in [2.05, 4.69) is 5.32 Å². The SMILES string of the molecule is COc1ccc(OC)c([C@@H]2CC(=O)C3=C(C2)NC(=O)C[C@H]3c2ccc(F)cc2)c1. The lowest BCUT2D eigenvalue weighted by Crippen LogP contribution is -2.38. The molecule has 1 N–H and O–H groups in total. The maximum Gasteiger partial charge on any atom is 0.225 e. The summed E-state index contributed by atoms with van der Waals surface area (Å²) < 4.78 is 24.1. The molecule has 5 nitrogen and oxygen atoms in total. The molecule has 2 aromatic rings. The van der Waals surface area contributed by atoms with Gasteiger partial charge in [0, 0.05) is 41.5 Å². The van der Waals surface area contributed by atoms with Gasteiger partial charge in [0.15, 0.2) is 5.78 Å². The lowest BCUT2D eigenvalue weighted by atomic mass is 9.73. The van der Waals surface area contributed by atoms with Crippen LogP contribution in [-0.2, 0) is 9.59 Å². The topological polar surface area (TPSA) is 64.6 Å². The Hall–Kier alpha value is -3.15. The Labute approximate surface area is 168 Å². The molecule has 0 fully saturated rings. The average Bonchev–Trinajstić information content (AvgIpc) is 2.72. The molecule has 1 heterocycles. The zero-order valence-electron chi connectivity index (χ0n) is 16.3. The van der Waals surface area contributed by atoms with Crippen molar-refractivity contribution in [2.75, 3.05) is 14.2 Å². The van der Waals surface area contributed by atoms with Gasteiger partial charge in [0.1, 0.15) is 17.3 Å². The van der Waals surface area contributed by atoms with Gasteiger partial charge in [-0.3, -0.25) is 9.59 Å². The molecule has 1 aliphatic heterocycles. The van der Waals surface area contributed by atoms with Crippen molar-refractivity contribution in [1.29, 1.82) is 0 Å². The van der Waals surface area contributed by atoms with Gasteiger partial charge in [-0.05, 0) is 42.3 Å². The maximum absolute atomic E-state index is 13.3. The third kappa shape index (κ3) is 3.62. The predicted octanol–water partition coefficient (Wildman–Crippen LogP) is 3.85. The summed E-state index contributed by atoms with van der Waals surface area (Å²) >= 11 is 0. The number of benzene rings is 2. The van der Waals surface area contributed by atoms with Crippen LogP contribution in [0.5, 0.6) is 11.5 Å². The van der Waals surface area contributed by atoms with Crippen LogP contribution in [-0.4, -0.2) is 25.9 Å². The molecule has 1 aliphatic carbocycles. The largest absolute Gasteiger partial charge is 0.497 e. The Morgan fingerprint density at radius 3 is 2.41 bits per heavy atom. The van der Waals surface area contributed by atoms with Crippen LogP contribution in [0.1, 0.15) is 42.2 Å². The molecule has 2 aliphatic rings. The highest BCUT2D eigenvalue weighted by atomic mass is 19.1. The van der Waals surface area contributed by atoms with E-state index in [-0.39, 0.29) is 35.8 Å². The first-order valence-electron chi connectivity index (χ1n) is 9.53. The number of carbonyl (C=O) groups excluding carboxylic acids is 2. The van der Waals surface area contributed by atoms with Crippen molar-refractivity contribution in [1.82, 2.24) is 5.32 Å². The number of rotatable bonds is 4. The van der Waals surface area contributed by atoms with Gasteiger partial charge in [-0.25, -0.2) is 4.39 Å². The summed E-state index contributed by atoms with van der Waals surface area (Å²) in [7, 11) is 3.18. The highest BCUT2D eigenvalue weighted by Crippen LogP contribution is 2.45. The molecule has 4 rings (SSSR count). The molecule has 0 bridgehead atoms. The molecule has 2 atom stereocenters. The van der Waals surface area contributed by atoms with Gasteiger partial charge in [-0.15, -0.1) is 0 Å². The van der Waals surface area contributed by atoms with Gasteiger partial charge in [0.25, 0.3) is 0 Å². The fourth-order valence-electron chi connectivity index (χ4n) is 4.32. The maximum atomic E-state index is 13.3. The number of ketones is 1. The second kappa shape index (κ2) is 7.70. The number of nitrogens with one attached hydrogen (secondary N) is 1.